The molecule has 0 unspecified atom stereocenters. The number of hydrogen-bond acceptors (Lipinski definition) is 27. The summed E-state index contributed by atoms with van der Waals surface area (Å²) in [5.74, 6) is -11.4. The maximum Gasteiger partial charge on any atom is 0.307 e. The van der Waals surface area contributed by atoms with Gasteiger partial charge in [-0.05, 0) is 183 Å². The Morgan fingerprint density at radius 1 is 0.429 bits per heavy atom. The molecule has 37 heteroatoms. The molecule has 0 bridgehead atoms. The van der Waals surface area contributed by atoms with Crippen molar-refractivity contribution in [3.8, 4) is 0 Å². The third-order valence-electron chi connectivity index (χ3n) is 29.5. The molecule has 8 amide bonds. The summed E-state index contributed by atoms with van der Waals surface area (Å²) in [6.07, 6.45) is 2.56. The number of Topliss-reactive ketones (excluding diaryl/α,β-unsaturated/α-hetero) is 6. The number of sulfone groups is 2. The van der Waals surface area contributed by atoms with Crippen molar-refractivity contribution in [3.05, 3.63) is 59.7 Å². The van der Waals surface area contributed by atoms with E-state index in [1.807, 2.05) is 121 Å². The second-order valence-electron chi connectivity index (χ2n) is 44.5. The molecule has 836 valence electrons. The van der Waals surface area contributed by atoms with E-state index in [2.05, 4.69) is 10.6 Å². The van der Waals surface area contributed by atoms with Gasteiger partial charge in [-0.2, -0.15) is 0 Å². The highest BCUT2D eigenvalue weighted by Gasteiger charge is 2.48. The molecule has 0 saturated carbocycles. The number of likely N-dealkylation sites (N-methyl/N-ethyl adjacent to an activating group) is 4. The van der Waals surface area contributed by atoms with Gasteiger partial charge in [-0.15, -0.1) is 0 Å². The van der Waals surface area contributed by atoms with Crippen LogP contribution in [0.3, 0.4) is 0 Å². The fourth-order valence-electron chi connectivity index (χ4n) is 20.7. The Morgan fingerprint density at radius 2 is 0.762 bits per heavy atom. The summed E-state index contributed by atoms with van der Waals surface area (Å²) < 4.78 is 84.4. The van der Waals surface area contributed by atoms with E-state index >= 15 is 0 Å². The van der Waals surface area contributed by atoms with Crippen molar-refractivity contribution in [1.29, 1.82) is 0 Å². The van der Waals surface area contributed by atoms with E-state index in [1.165, 1.54) is 77.0 Å². The number of methoxy groups -OCH3 is 4. The van der Waals surface area contributed by atoms with Gasteiger partial charge in [-0.25, -0.2) is 16.8 Å². The van der Waals surface area contributed by atoms with Crippen LogP contribution in [0.2, 0.25) is 0 Å². The molecule has 147 heavy (non-hydrogen) atoms. The molecule has 2 heterocycles. The van der Waals surface area contributed by atoms with Crippen LogP contribution < -0.4 is 27.8 Å². The maximum atomic E-state index is 14.4. The lowest BCUT2D eigenvalue weighted by Crippen LogP contribution is -2.54. The number of benzene rings is 2. The highest BCUT2D eigenvalue weighted by atomic mass is 32.2. The van der Waals surface area contributed by atoms with Gasteiger partial charge in [0.15, 0.2) is 54.4 Å². The van der Waals surface area contributed by atoms with Gasteiger partial charge in [-0.3, -0.25) is 81.7 Å². The van der Waals surface area contributed by atoms with Crippen LogP contribution in [0, 0.1) is 76.9 Å². The molecule has 2 fully saturated rings. The number of primary amides is 2. The second kappa shape index (κ2) is 62.3. The minimum Gasteiger partial charge on any atom is -0.460 e. The molecule has 0 spiro atoms. The van der Waals surface area contributed by atoms with Crippen molar-refractivity contribution in [1.82, 2.24) is 40.0 Å². The first-order valence-electron chi connectivity index (χ1n) is 52.9. The largest absolute Gasteiger partial charge is 0.460 e. The number of likely N-dealkylation sites (tertiary alicyclic amines) is 2. The molecule has 0 radical (unpaired) electrons. The Morgan fingerprint density at radius 3 is 1.04 bits per heavy atom. The highest BCUT2D eigenvalue weighted by Crippen LogP contribution is 2.37. The van der Waals surface area contributed by atoms with Crippen molar-refractivity contribution in [3.63, 3.8) is 0 Å². The minimum atomic E-state index is -4.20. The van der Waals surface area contributed by atoms with Crippen molar-refractivity contribution in [2.45, 2.75) is 374 Å². The Kier molecular flexibility index (Phi) is 56.2. The van der Waals surface area contributed by atoms with Crippen LogP contribution in [-0.2, 0) is 128 Å². The van der Waals surface area contributed by atoms with Gasteiger partial charge in [0.1, 0.15) is 17.1 Å². The molecule has 0 aliphatic carbocycles. The Bertz CT molecular complexity index is 4830. The SMILES string of the molecule is CC[C@H](C)[C@@H]([C@@H](CC(=O)N1CCC[C@H]1[C@H](OC)[C@@H](C)C(=O)CS(=O)(=O)c1ccc(CC(=O)[C@H](CCCCC(N)=O)NC(=O)[C@@H](CC(=O)OC(C)(C)C)C(C)C)cc1)OC)N(C)C(=O)[C@@H](CC(=O)[C@H](C(C)C)N(C)C)C(C)C.CC[C@H](C)[C@@H]([C@@H](CC(=O)N1CCC[C@H]1[C@H](OC)[C@@H](C)C(=O)CS(=O)(=O)c1ccc(CC(=O)[C@H](CCCCC(N)=O)NC(=O)[C@@H](N)C(C)C)cc1)OC)N(C)C(=O)[C@@H](CC(=O)[C@H](C(C)C)N(C)C)C(C)C. The number of nitrogens with zero attached hydrogens (tertiary/aromatic N) is 6. The number of esters is 1. The van der Waals surface area contributed by atoms with Gasteiger partial charge in [0, 0.05) is 118 Å². The molecule has 20 atom stereocenters. The van der Waals surface area contributed by atoms with Crippen LogP contribution in [0.25, 0.3) is 0 Å². The van der Waals surface area contributed by atoms with Gasteiger partial charge in [0.25, 0.3) is 0 Å². The summed E-state index contributed by atoms with van der Waals surface area (Å²) in [5.41, 5.74) is 16.8. The summed E-state index contributed by atoms with van der Waals surface area (Å²) in [6, 6.07) is 5.84. The zero-order valence-corrected chi connectivity index (χ0v) is 96.0. The predicted molar refractivity (Wildman–Crippen MR) is 568 cm³/mol. The summed E-state index contributed by atoms with van der Waals surface area (Å²) in [5, 5.41) is 5.57. The molecule has 2 aliphatic heterocycles. The van der Waals surface area contributed by atoms with Gasteiger partial charge in [0.2, 0.25) is 47.3 Å². The summed E-state index contributed by atoms with van der Waals surface area (Å²) in [4.78, 5) is 212. The minimum absolute atomic E-state index is 0.0000279. The number of unbranched alkanes of at least 4 members (excludes halogenated alkanes) is 2. The number of amides is 8. The Labute approximate surface area is 878 Å². The quantitative estimate of drug-likeness (QED) is 0.0303. The van der Waals surface area contributed by atoms with Crippen LogP contribution in [0.4, 0.5) is 0 Å². The number of nitrogens with one attached hydrogen (secondary N) is 2. The Hall–Kier alpha value is -8.69. The van der Waals surface area contributed by atoms with E-state index in [9.17, 15) is 88.8 Å². The van der Waals surface area contributed by atoms with Crippen LogP contribution >= 0.6 is 0 Å². The average molecular weight is 2110 g/mol. The number of nitrogens with two attached hydrogens (primary N) is 3. The van der Waals surface area contributed by atoms with Crippen LogP contribution in [-0.4, -0.2) is 314 Å². The van der Waals surface area contributed by atoms with E-state index in [1.54, 1.807) is 96.0 Å². The number of carbonyl (C=O) groups is 15. The second-order valence-corrected chi connectivity index (χ2v) is 48.5. The summed E-state index contributed by atoms with van der Waals surface area (Å²) >= 11 is 0. The van der Waals surface area contributed by atoms with Crippen molar-refractivity contribution >= 4 is 108 Å². The van der Waals surface area contributed by atoms with Crippen LogP contribution in [0.15, 0.2) is 58.3 Å². The zero-order chi connectivity index (χ0) is 112. The molecule has 2 aromatic carbocycles. The standard InChI is InChI=1S/C58H97N5O13S.C52H88N6O11S/c1-18-38(8)54(62(15)57(71)43(36(4)5)31-47(65)53(37(6)7)61(13)14)49(74-16)33-51(68)63-29-21-23-45(63)55(75-17)39(9)48(66)34-77(72,73)41-27-25-40(26-28-41)30-46(64)44(22-19-20-24-50(59)67)60-56(70)42(35(2)3)32-52(69)76-58(10,11)12;1-15-34(8)49(57(12)52(65)38(31(2)3)28-42(60)48(33(6)7)56(10)11)44(68-13)29-46(63)58-26-18-20-40(58)50(69-14)35(9)43(61)30-70(66,67)37-24-22-36(23-25-37)27-41(59)39(19-16-17-21-45(53)62)55-51(64)47(54)32(4)5/h25-28,35-39,42-45,49,53-55H,18-24,29-34H2,1-17H3,(H2,59,67)(H,60,70);22-25,31-35,38-40,44,47-50H,15-21,26-30,54H2,1-14H3,(H2,53,62)(H,55,64)/t38-,39-,42-,43-,44-,45-,49+,53-,54-,55+;34-,35-,38-,39-,40-,44+,47-,48-,49-,50+/m00/s1. The third-order valence-corrected chi connectivity index (χ3v) is 32.8. The lowest BCUT2D eigenvalue weighted by atomic mass is 9.83. The van der Waals surface area contributed by atoms with Crippen LogP contribution in [0.1, 0.15) is 279 Å². The fourth-order valence-corrected chi connectivity index (χ4v) is 23.4. The molecular weight excluding hydrogens is 1920 g/mol. The summed E-state index contributed by atoms with van der Waals surface area (Å²) in [7, 11) is 8.48. The molecule has 8 N–H and O–H groups in total. The number of ketones is 6. The molecule has 0 aromatic heterocycles. The molecule has 2 aromatic rings. The topological polar surface area (TPSA) is 492 Å². The van der Waals surface area contributed by atoms with E-state index in [0.29, 0.717) is 88.4 Å². The molecule has 2 aliphatic rings. The first-order chi connectivity index (χ1) is 68.4. The van der Waals surface area contributed by atoms with Crippen molar-refractivity contribution in [2.24, 2.45) is 94.1 Å². The first-order valence-corrected chi connectivity index (χ1v) is 56.2. The maximum absolute atomic E-state index is 14.4. The number of carbonyl (C=O) groups excluding carboxylic acids is 15. The Balaban J connectivity index is 0.000000759. The van der Waals surface area contributed by atoms with Crippen LogP contribution in [0.5, 0.6) is 0 Å². The van der Waals surface area contributed by atoms with Gasteiger partial charge in [0.05, 0.1) is 114 Å². The smallest absolute Gasteiger partial charge is 0.307 e. The van der Waals surface area contributed by atoms with E-state index in [0.717, 1.165) is 0 Å². The number of hydrogen-bond donors (Lipinski definition) is 5. The fraction of sp³-hybridized carbons (Fsp3) is 0.755. The number of rotatable bonds is 66. The monoisotopic (exact) mass is 2110 g/mol. The van der Waals surface area contributed by atoms with E-state index in [-0.39, 0.29) is 187 Å². The van der Waals surface area contributed by atoms with Gasteiger partial charge in [-0.1, -0.05) is 175 Å². The highest BCUT2D eigenvalue weighted by molar-refractivity contribution is 7.92. The zero-order valence-electron chi connectivity index (χ0n) is 94.3. The van der Waals surface area contributed by atoms with Gasteiger partial charge >= 0.3 is 5.97 Å². The molecule has 2 saturated heterocycles. The van der Waals surface area contributed by atoms with E-state index in [4.69, 9.17) is 40.9 Å². The van der Waals surface area contributed by atoms with Gasteiger partial charge < -0.3 is 71.1 Å². The predicted octanol–water partition coefficient (Wildman–Crippen LogP) is 10.8. The lowest BCUT2D eigenvalue weighted by Gasteiger charge is -2.41. The third kappa shape index (κ3) is 40.8. The average Bonchev–Trinajstić information content (AvgIpc) is 1.74. The normalized spacial score (nSPS) is 18.0. The summed E-state index contributed by atoms with van der Waals surface area (Å²) in [6.45, 7) is 40.1. The lowest BCUT2D eigenvalue weighted by molar-refractivity contribution is -0.158. The molecule has 35 nitrogen and oxygen atoms in total. The van der Waals surface area contributed by atoms with Crippen molar-refractivity contribution < 1.29 is 112 Å². The molecular formula is C110H185N11O24S2. The molecule has 4 rings (SSSR count). The van der Waals surface area contributed by atoms with Crippen molar-refractivity contribution in [2.75, 3.05) is 95.3 Å². The van der Waals surface area contributed by atoms with E-state index < -0.39 is 174 Å². The first kappa shape index (κ1) is 132. The number of ether oxygens (including phenoxy) is 5.